The molecule has 3 nitrogen and oxygen atoms in total. The Hall–Kier alpha value is -0.390. The number of amides is 1. The van der Waals surface area contributed by atoms with Crippen LogP contribution in [0.15, 0.2) is 15.9 Å². The largest absolute Gasteiger partial charge is 0.353 e. The quantitative estimate of drug-likeness (QED) is 0.872. The number of thiophene rings is 1. The van der Waals surface area contributed by atoms with E-state index in [2.05, 4.69) is 26.6 Å². The van der Waals surface area contributed by atoms with Crippen LogP contribution in [0.3, 0.4) is 0 Å². The van der Waals surface area contributed by atoms with Crippen LogP contribution >= 0.6 is 27.3 Å². The molecule has 2 N–H and O–H groups in total. The van der Waals surface area contributed by atoms with Crippen molar-refractivity contribution in [1.29, 1.82) is 0 Å². The van der Waals surface area contributed by atoms with Crippen molar-refractivity contribution in [2.45, 2.75) is 26.4 Å². The summed E-state index contributed by atoms with van der Waals surface area (Å²) >= 11 is 5.07. The molecule has 0 aliphatic heterocycles. The highest BCUT2D eigenvalue weighted by molar-refractivity contribution is 9.11. The Morgan fingerprint density at radius 2 is 2.27 bits per heavy atom. The van der Waals surface area contributed by atoms with Gasteiger partial charge in [0.25, 0.3) is 0 Å². The third-order valence-electron chi connectivity index (χ3n) is 1.66. The highest BCUT2D eigenvalue weighted by atomic mass is 79.9. The Bertz CT molecular complexity index is 325. The van der Waals surface area contributed by atoms with E-state index >= 15 is 0 Å². The number of rotatable bonds is 5. The molecule has 84 valence electrons. The zero-order valence-corrected chi connectivity index (χ0v) is 11.2. The molecule has 1 rings (SSSR count). The van der Waals surface area contributed by atoms with Gasteiger partial charge in [-0.05, 0) is 41.9 Å². The molecule has 0 spiro atoms. The van der Waals surface area contributed by atoms with Crippen molar-refractivity contribution in [2.75, 3.05) is 6.54 Å². The number of carbonyl (C=O) groups is 1. The lowest BCUT2D eigenvalue weighted by Gasteiger charge is -2.08. The lowest BCUT2D eigenvalue weighted by atomic mass is 10.4. The second-order valence-corrected chi connectivity index (χ2v) is 6.08. The summed E-state index contributed by atoms with van der Waals surface area (Å²) in [5.74, 6) is 0.0422. The average Bonchev–Trinajstić information content (AvgIpc) is 2.50. The van der Waals surface area contributed by atoms with Crippen LogP contribution < -0.4 is 10.6 Å². The monoisotopic (exact) mass is 290 g/mol. The van der Waals surface area contributed by atoms with Gasteiger partial charge in [0.1, 0.15) is 0 Å². The molecule has 15 heavy (non-hydrogen) atoms. The number of nitrogens with one attached hydrogen (secondary N) is 2. The van der Waals surface area contributed by atoms with E-state index in [0.717, 1.165) is 10.3 Å². The fraction of sp³-hybridized carbons (Fsp3) is 0.500. The molecule has 0 aromatic carbocycles. The van der Waals surface area contributed by atoms with Crippen molar-refractivity contribution in [3.63, 3.8) is 0 Å². The van der Waals surface area contributed by atoms with Gasteiger partial charge in [-0.3, -0.25) is 4.79 Å². The second-order valence-electron chi connectivity index (χ2n) is 3.53. The van der Waals surface area contributed by atoms with E-state index < -0.39 is 0 Å². The molecule has 1 aromatic heterocycles. The minimum atomic E-state index is 0.0422. The molecular weight excluding hydrogens is 276 g/mol. The minimum absolute atomic E-state index is 0.0422. The van der Waals surface area contributed by atoms with E-state index in [1.807, 2.05) is 26.0 Å². The first-order valence-corrected chi connectivity index (χ1v) is 6.43. The van der Waals surface area contributed by atoms with Crippen LogP contribution in [0.25, 0.3) is 0 Å². The predicted octanol–water partition coefficient (Wildman–Crippen LogP) is 2.12. The van der Waals surface area contributed by atoms with Crippen LogP contribution in [0.5, 0.6) is 0 Å². The standard InChI is InChI=1S/C10H15BrN2OS/c1-7(2)13-10(14)6-12-5-8-3-4-9(11)15-8/h3-4,7,12H,5-6H2,1-2H3,(H,13,14). The van der Waals surface area contributed by atoms with Gasteiger partial charge in [0.15, 0.2) is 0 Å². The summed E-state index contributed by atoms with van der Waals surface area (Å²) in [4.78, 5) is 12.5. The van der Waals surface area contributed by atoms with Crippen LogP contribution in [0.4, 0.5) is 0 Å². The summed E-state index contributed by atoms with van der Waals surface area (Å²) in [6.07, 6.45) is 0. The molecule has 0 radical (unpaired) electrons. The molecule has 0 bridgehead atoms. The highest BCUT2D eigenvalue weighted by Crippen LogP contribution is 2.21. The molecule has 0 fully saturated rings. The SMILES string of the molecule is CC(C)NC(=O)CNCc1ccc(Br)s1. The smallest absolute Gasteiger partial charge is 0.234 e. The van der Waals surface area contributed by atoms with Gasteiger partial charge in [-0.1, -0.05) is 0 Å². The Morgan fingerprint density at radius 1 is 1.53 bits per heavy atom. The Balaban J connectivity index is 2.19. The number of hydrogen-bond acceptors (Lipinski definition) is 3. The predicted molar refractivity (Wildman–Crippen MR) is 67.0 cm³/mol. The fourth-order valence-corrected chi connectivity index (χ4v) is 2.57. The van der Waals surface area contributed by atoms with E-state index in [4.69, 9.17) is 0 Å². The summed E-state index contributed by atoms with van der Waals surface area (Å²) < 4.78 is 1.12. The van der Waals surface area contributed by atoms with Crippen LogP contribution in [0.2, 0.25) is 0 Å². The van der Waals surface area contributed by atoms with Gasteiger partial charge in [-0.15, -0.1) is 11.3 Å². The number of halogens is 1. The zero-order valence-electron chi connectivity index (χ0n) is 8.84. The first-order chi connectivity index (χ1) is 7.08. The summed E-state index contributed by atoms with van der Waals surface area (Å²) in [6, 6.07) is 4.26. The molecule has 5 heteroatoms. The normalized spacial score (nSPS) is 10.7. The lowest BCUT2D eigenvalue weighted by Crippen LogP contribution is -2.37. The third kappa shape index (κ3) is 5.30. The van der Waals surface area contributed by atoms with Crippen molar-refractivity contribution in [2.24, 2.45) is 0 Å². The molecule has 1 aromatic rings. The molecule has 0 saturated carbocycles. The van der Waals surface area contributed by atoms with E-state index in [0.29, 0.717) is 6.54 Å². The zero-order chi connectivity index (χ0) is 11.3. The van der Waals surface area contributed by atoms with E-state index in [1.54, 1.807) is 11.3 Å². The number of hydrogen-bond donors (Lipinski definition) is 2. The van der Waals surface area contributed by atoms with Crippen molar-refractivity contribution in [3.05, 3.63) is 20.8 Å². The van der Waals surface area contributed by atoms with Gasteiger partial charge >= 0.3 is 0 Å². The summed E-state index contributed by atoms with van der Waals surface area (Å²) in [6.45, 7) is 5.01. The molecule has 1 amide bonds. The van der Waals surface area contributed by atoms with E-state index in [-0.39, 0.29) is 11.9 Å². The maximum atomic E-state index is 11.3. The molecular formula is C10H15BrN2OS. The van der Waals surface area contributed by atoms with Gasteiger partial charge in [-0.2, -0.15) is 0 Å². The minimum Gasteiger partial charge on any atom is -0.353 e. The molecule has 0 aliphatic carbocycles. The molecule has 0 atom stereocenters. The molecule has 0 aliphatic rings. The van der Waals surface area contributed by atoms with Crippen molar-refractivity contribution < 1.29 is 4.79 Å². The second kappa shape index (κ2) is 6.25. The average molecular weight is 291 g/mol. The van der Waals surface area contributed by atoms with Crippen LogP contribution in [0, 0.1) is 0 Å². The first kappa shape index (κ1) is 12.7. The van der Waals surface area contributed by atoms with Gasteiger partial charge < -0.3 is 10.6 Å². The van der Waals surface area contributed by atoms with E-state index in [9.17, 15) is 4.79 Å². The Labute approximate surface area is 102 Å². The van der Waals surface area contributed by atoms with Gasteiger partial charge in [0.2, 0.25) is 5.91 Å². The third-order valence-corrected chi connectivity index (χ3v) is 3.29. The lowest BCUT2D eigenvalue weighted by molar-refractivity contribution is -0.120. The molecule has 0 unspecified atom stereocenters. The fourth-order valence-electron chi connectivity index (χ4n) is 1.12. The van der Waals surface area contributed by atoms with Gasteiger partial charge in [-0.25, -0.2) is 0 Å². The van der Waals surface area contributed by atoms with Crippen LogP contribution in [-0.4, -0.2) is 18.5 Å². The van der Waals surface area contributed by atoms with Crippen LogP contribution in [0.1, 0.15) is 18.7 Å². The first-order valence-electron chi connectivity index (χ1n) is 4.82. The molecule has 1 heterocycles. The van der Waals surface area contributed by atoms with Crippen LogP contribution in [-0.2, 0) is 11.3 Å². The Kier molecular flexibility index (Phi) is 5.28. The summed E-state index contributed by atoms with van der Waals surface area (Å²) in [5.41, 5.74) is 0. The summed E-state index contributed by atoms with van der Waals surface area (Å²) in [7, 11) is 0. The highest BCUT2D eigenvalue weighted by Gasteiger charge is 2.03. The summed E-state index contributed by atoms with van der Waals surface area (Å²) in [5, 5.41) is 5.92. The molecule has 0 saturated heterocycles. The van der Waals surface area contributed by atoms with Gasteiger partial charge in [0.05, 0.1) is 10.3 Å². The Morgan fingerprint density at radius 3 is 2.80 bits per heavy atom. The van der Waals surface area contributed by atoms with E-state index in [1.165, 1.54) is 4.88 Å². The maximum Gasteiger partial charge on any atom is 0.234 e. The van der Waals surface area contributed by atoms with Crippen molar-refractivity contribution in [1.82, 2.24) is 10.6 Å². The topological polar surface area (TPSA) is 41.1 Å². The van der Waals surface area contributed by atoms with Crippen molar-refractivity contribution >= 4 is 33.2 Å². The van der Waals surface area contributed by atoms with Crippen molar-refractivity contribution in [3.8, 4) is 0 Å². The van der Waals surface area contributed by atoms with Gasteiger partial charge in [0, 0.05) is 17.5 Å². The maximum absolute atomic E-state index is 11.3. The number of carbonyl (C=O) groups excluding carboxylic acids is 1.